The minimum atomic E-state index is -3.92. The number of aromatic nitrogens is 2. The molecule has 8 nitrogen and oxygen atoms in total. The molecule has 1 atom stereocenters. The lowest BCUT2D eigenvalue weighted by molar-refractivity contribution is -0.122. The molecule has 1 amide bonds. The highest BCUT2D eigenvalue weighted by Crippen LogP contribution is 2.37. The number of carbonyl (C=O) groups is 1. The van der Waals surface area contributed by atoms with Gasteiger partial charge in [-0.25, -0.2) is 8.42 Å². The van der Waals surface area contributed by atoms with Crippen molar-refractivity contribution in [1.82, 2.24) is 10.2 Å². The van der Waals surface area contributed by atoms with Crippen LogP contribution in [0.2, 0.25) is 0 Å². The number of ether oxygens (including phenoxy) is 1. The first-order valence-corrected chi connectivity index (χ1v) is 13.1. The van der Waals surface area contributed by atoms with Gasteiger partial charge in [-0.05, 0) is 38.1 Å². The van der Waals surface area contributed by atoms with Crippen molar-refractivity contribution in [2.24, 2.45) is 0 Å². The summed E-state index contributed by atoms with van der Waals surface area (Å²) in [6, 6.07) is 21.2. The van der Waals surface area contributed by atoms with Crippen molar-refractivity contribution in [2.75, 3.05) is 16.2 Å². The normalized spacial score (nSPS) is 15.3. The number of para-hydroxylation sites is 2. The van der Waals surface area contributed by atoms with E-state index in [9.17, 15) is 13.2 Å². The first-order valence-electron chi connectivity index (χ1n) is 10.9. The minimum absolute atomic E-state index is 0.144. The Bertz CT molecular complexity index is 1480. The van der Waals surface area contributed by atoms with Crippen LogP contribution in [0.25, 0.3) is 10.6 Å². The Morgan fingerprint density at radius 1 is 0.971 bits per heavy atom. The Labute approximate surface area is 207 Å². The number of hydrogen-bond donors (Lipinski definition) is 1. The predicted molar refractivity (Wildman–Crippen MR) is 135 cm³/mol. The summed E-state index contributed by atoms with van der Waals surface area (Å²) in [6.45, 7) is 3.71. The quantitative estimate of drug-likeness (QED) is 0.430. The molecule has 178 valence electrons. The van der Waals surface area contributed by atoms with E-state index in [1.807, 2.05) is 38.1 Å². The largest absolute Gasteiger partial charge is 0.476 e. The van der Waals surface area contributed by atoms with Gasteiger partial charge < -0.3 is 4.74 Å². The zero-order valence-electron chi connectivity index (χ0n) is 19.0. The maximum absolute atomic E-state index is 13.5. The van der Waals surface area contributed by atoms with E-state index in [4.69, 9.17) is 4.74 Å². The second-order valence-electron chi connectivity index (χ2n) is 8.19. The molecule has 10 heteroatoms. The van der Waals surface area contributed by atoms with Gasteiger partial charge in [0, 0.05) is 5.56 Å². The van der Waals surface area contributed by atoms with Crippen molar-refractivity contribution in [3.05, 3.63) is 83.9 Å². The first kappa shape index (κ1) is 23.0. The number of benzene rings is 3. The molecule has 0 fully saturated rings. The molecule has 1 aliphatic rings. The second-order valence-corrected chi connectivity index (χ2v) is 11.0. The van der Waals surface area contributed by atoms with Gasteiger partial charge in [-0.3, -0.25) is 14.4 Å². The van der Waals surface area contributed by atoms with Crippen molar-refractivity contribution >= 4 is 38.1 Å². The number of aryl methyl sites for hydroxylation is 2. The molecular weight excluding hydrogens is 484 g/mol. The third kappa shape index (κ3) is 4.62. The summed E-state index contributed by atoms with van der Waals surface area (Å²) in [6.07, 6.45) is -1.07. The highest BCUT2D eigenvalue weighted by molar-refractivity contribution is 7.92. The highest BCUT2D eigenvalue weighted by atomic mass is 32.2. The molecular formula is C25H22N4O4S2. The molecule has 1 aliphatic heterocycles. The molecule has 0 saturated carbocycles. The number of anilines is 2. The van der Waals surface area contributed by atoms with E-state index < -0.39 is 22.0 Å². The highest BCUT2D eigenvalue weighted by Gasteiger charge is 2.37. The van der Waals surface area contributed by atoms with Gasteiger partial charge in [0.1, 0.15) is 10.8 Å². The topological polar surface area (TPSA) is 101 Å². The molecule has 2 heterocycles. The van der Waals surface area contributed by atoms with Crippen LogP contribution in [0.5, 0.6) is 5.75 Å². The van der Waals surface area contributed by atoms with Crippen LogP contribution in [0.15, 0.2) is 77.7 Å². The third-order valence-corrected chi connectivity index (χ3v) is 8.27. The lowest BCUT2D eigenvalue weighted by Crippen LogP contribution is -2.48. The number of amides is 1. The zero-order valence-corrected chi connectivity index (χ0v) is 20.6. The van der Waals surface area contributed by atoms with Crippen LogP contribution < -0.4 is 14.4 Å². The van der Waals surface area contributed by atoms with Crippen LogP contribution in [0, 0.1) is 13.8 Å². The summed E-state index contributed by atoms with van der Waals surface area (Å²) in [4.78, 5) is 13.2. The maximum Gasteiger partial charge on any atom is 0.269 e. The summed E-state index contributed by atoms with van der Waals surface area (Å²) in [5.41, 5.74) is 3.36. The minimum Gasteiger partial charge on any atom is -0.476 e. The van der Waals surface area contributed by atoms with Gasteiger partial charge in [0.15, 0.2) is 6.10 Å². The SMILES string of the molecule is Cc1ccc(-c2nnc(NC(=O)[C@@H]3CN(S(=O)(=O)c4ccc(C)cc4)c4ccccc4O3)s2)cc1. The van der Waals surface area contributed by atoms with E-state index in [-0.39, 0.29) is 11.4 Å². The van der Waals surface area contributed by atoms with Crippen LogP contribution >= 0.6 is 11.3 Å². The molecule has 0 saturated heterocycles. The van der Waals surface area contributed by atoms with Gasteiger partial charge in [0.2, 0.25) is 5.13 Å². The number of carbonyl (C=O) groups excluding carboxylic acids is 1. The van der Waals surface area contributed by atoms with Crippen LogP contribution in [0.3, 0.4) is 0 Å². The van der Waals surface area contributed by atoms with Crippen LogP contribution in [0.4, 0.5) is 10.8 Å². The van der Waals surface area contributed by atoms with Crippen molar-refractivity contribution in [3.8, 4) is 16.3 Å². The molecule has 3 aromatic carbocycles. The number of sulfonamides is 1. The lowest BCUT2D eigenvalue weighted by Gasteiger charge is -2.34. The molecule has 0 spiro atoms. The maximum atomic E-state index is 13.5. The number of rotatable bonds is 5. The van der Waals surface area contributed by atoms with Gasteiger partial charge in [-0.15, -0.1) is 10.2 Å². The fraction of sp³-hybridized carbons (Fsp3) is 0.160. The molecule has 0 unspecified atom stereocenters. The smallest absolute Gasteiger partial charge is 0.269 e. The van der Waals surface area contributed by atoms with E-state index in [2.05, 4.69) is 15.5 Å². The number of fused-ring (bicyclic) bond motifs is 1. The summed E-state index contributed by atoms with van der Waals surface area (Å²) in [5.74, 6) is -0.192. The Hall–Kier alpha value is -3.76. The summed E-state index contributed by atoms with van der Waals surface area (Å²) >= 11 is 1.23. The second kappa shape index (κ2) is 9.12. The van der Waals surface area contributed by atoms with Crippen molar-refractivity contribution in [1.29, 1.82) is 0 Å². The van der Waals surface area contributed by atoms with E-state index >= 15 is 0 Å². The molecule has 35 heavy (non-hydrogen) atoms. The Kier molecular flexibility index (Phi) is 6.00. The van der Waals surface area contributed by atoms with E-state index in [0.29, 0.717) is 21.6 Å². The van der Waals surface area contributed by atoms with Crippen molar-refractivity contribution in [3.63, 3.8) is 0 Å². The van der Waals surface area contributed by atoms with E-state index in [1.165, 1.54) is 15.6 Å². The van der Waals surface area contributed by atoms with Gasteiger partial charge in [-0.2, -0.15) is 0 Å². The summed E-state index contributed by atoms with van der Waals surface area (Å²) < 4.78 is 34.1. The monoisotopic (exact) mass is 506 g/mol. The molecule has 1 aromatic heterocycles. The Morgan fingerprint density at radius 2 is 1.63 bits per heavy atom. The predicted octanol–water partition coefficient (Wildman–Crippen LogP) is 4.42. The molecule has 4 aromatic rings. The molecule has 0 aliphatic carbocycles. The van der Waals surface area contributed by atoms with Gasteiger partial charge in [0.25, 0.3) is 15.9 Å². The number of nitrogens with zero attached hydrogens (tertiary/aromatic N) is 3. The van der Waals surface area contributed by atoms with Crippen molar-refractivity contribution in [2.45, 2.75) is 24.8 Å². The number of hydrogen-bond acceptors (Lipinski definition) is 7. The van der Waals surface area contributed by atoms with Gasteiger partial charge in [-0.1, -0.05) is 71.0 Å². The van der Waals surface area contributed by atoms with Crippen LogP contribution in [-0.4, -0.2) is 37.2 Å². The van der Waals surface area contributed by atoms with Crippen molar-refractivity contribution < 1.29 is 17.9 Å². The number of nitrogens with one attached hydrogen (secondary N) is 1. The Morgan fingerprint density at radius 3 is 2.34 bits per heavy atom. The summed E-state index contributed by atoms with van der Waals surface area (Å²) in [5, 5.41) is 11.9. The average Bonchev–Trinajstić information content (AvgIpc) is 3.32. The van der Waals surface area contributed by atoms with Crippen LogP contribution in [0.1, 0.15) is 11.1 Å². The van der Waals surface area contributed by atoms with E-state index in [1.54, 1.807) is 48.5 Å². The molecule has 0 bridgehead atoms. The first-order chi connectivity index (χ1) is 16.8. The standard InChI is InChI=1S/C25H22N4O4S2/c1-16-7-11-18(12-8-16)24-27-28-25(34-24)26-23(30)22-15-29(20-5-3-4-6-21(20)33-22)35(31,32)19-13-9-17(2)10-14-19/h3-14,22H,15H2,1-2H3,(H,26,28,30)/t22-/m0/s1. The molecule has 1 N–H and O–H groups in total. The fourth-order valence-electron chi connectivity index (χ4n) is 3.68. The van der Waals surface area contributed by atoms with E-state index in [0.717, 1.165) is 16.7 Å². The molecule has 5 rings (SSSR count). The molecule has 0 radical (unpaired) electrons. The van der Waals surface area contributed by atoms with Gasteiger partial charge >= 0.3 is 0 Å². The lowest BCUT2D eigenvalue weighted by atomic mass is 10.2. The Balaban J connectivity index is 1.40. The van der Waals surface area contributed by atoms with Gasteiger partial charge in [0.05, 0.1) is 17.1 Å². The fourth-order valence-corrected chi connectivity index (χ4v) is 5.90. The third-order valence-electron chi connectivity index (χ3n) is 5.59. The van der Waals surface area contributed by atoms with Crippen LogP contribution in [-0.2, 0) is 14.8 Å². The zero-order chi connectivity index (χ0) is 24.6. The summed E-state index contributed by atoms with van der Waals surface area (Å²) in [7, 11) is -3.92. The average molecular weight is 507 g/mol.